The van der Waals surface area contributed by atoms with Gasteiger partial charge in [-0.15, -0.1) is 0 Å². The molecular formula is C20H20ClNO4. The number of halogens is 1. The van der Waals surface area contributed by atoms with E-state index in [9.17, 15) is 14.7 Å². The van der Waals surface area contributed by atoms with E-state index in [0.717, 1.165) is 5.56 Å². The fourth-order valence-electron chi connectivity index (χ4n) is 3.43. The van der Waals surface area contributed by atoms with Crippen LogP contribution in [-0.4, -0.2) is 23.1 Å². The lowest BCUT2D eigenvalue weighted by Gasteiger charge is -2.29. The first-order chi connectivity index (χ1) is 12.3. The first-order valence-electron chi connectivity index (χ1n) is 8.35. The standard InChI is InChI=1S/C20H20ClNO4/c1-11(2)26-17-7-5-4-6-13(17)20(10-18(23)24)14-9-15(21)12(3)8-16(14)22-19(20)25/h4-9,11H,10H2,1-3H3,(H,22,25)(H,23,24). The number of aliphatic carboxylic acids is 1. The van der Waals surface area contributed by atoms with Crippen LogP contribution in [0.5, 0.6) is 5.75 Å². The number of carboxylic acids is 1. The molecular weight excluding hydrogens is 354 g/mol. The molecule has 1 aliphatic rings. The van der Waals surface area contributed by atoms with Crippen LogP contribution in [0.2, 0.25) is 5.02 Å². The average molecular weight is 374 g/mol. The number of carbonyl (C=O) groups excluding carboxylic acids is 1. The molecule has 0 saturated carbocycles. The monoisotopic (exact) mass is 373 g/mol. The Morgan fingerprint density at radius 3 is 2.62 bits per heavy atom. The van der Waals surface area contributed by atoms with E-state index in [4.69, 9.17) is 16.3 Å². The summed E-state index contributed by atoms with van der Waals surface area (Å²) in [5.41, 5.74) is 1.07. The van der Waals surface area contributed by atoms with Crippen LogP contribution in [0.15, 0.2) is 36.4 Å². The number of anilines is 1. The normalized spacial score (nSPS) is 18.6. The SMILES string of the molecule is Cc1cc2c(cc1Cl)C(CC(=O)O)(c1ccccc1OC(C)C)C(=O)N2. The van der Waals surface area contributed by atoms with Crippen molar-refractivity contribution < 1.29 is 19.4 Å². The Labute approximate surface area is 156 Å². The highest BCUT2D eigenvalue weighted by atomic mass is 35.5. The number of hydrogen-bond donors (Lipinski definition) is 2. The van der Waals surface area contributed by atoms with E-state index in [1.165, 1.54) is 0 Å². The van der Waals surface area contributed by atoms with Gasteiger partial charge in [-0.3, -0.25) is 9.59 Å². The molecule has 1 unspecified atom stereocenters. The van der Waals surface area contributed by atoms with Gasteiger partial charge in [0.05, 0.1) is 12.5 Å². The van der Waals surface area contributed by atoms with Crippen molar-refractivity contribution in [3.05, 3.63) is 58.1 Å². The van der Waals surface area contributed by atoms with Crippen molar-refractivity contribution in [1.82, 2.24) is 0 Å². The molecule has 1 heterocycles. The zero-order valence-electron chi connectivity index (χ0n) is 14.8. The summed E-state index contributed by atoms with van der Waals surface area (Å²) in [4.78, 5) is 24.8. The summed E-state index contributed by atoms with van der Waals surface area (Å²) < 4.78 is 5.88. The van der Waals surface area contributed by atoms with Crippen molar-refractivity contribution in [2.45, 2.75) is 38.7 Å². The van der Waals surface area contributed by atoms with Gasteiger partial charge in [0, 0.05) is 16.3 Å². The quantitative estimate of drug-likeness (QED) is 0.825. The summed E-state index contributed by atoms with van der Waals surface area (Å²) in [5, 5.41) is 12.9. The zero-order chi connectivity index (χ0) is 19.1. The minimum Gasteiger partial charge on any atom is -0.491 e. The summed E-state index contributed by atoms with van der Waals surface area (Å²) >= 11 is 6.30. The van der Waals surface area contributed by atoms with Gasteiger partial charge in [0.25, 0.3) is 0 Å². The van der Waals surface area contributed by atoms with E-state index >= 15 is 0 Å². The highest BCUT2D eigenvalue weighted by molar-refractivity contribution is 6.31. The summed E-state index contributed by atoms with van der Waals surface area (Å²) in [6, 6.07) is 10.5. The molecule has 0 radical (unpaired) electrons. The van der Waals surface area contributed by atoms with E-state index < -0.39 is 23.7 Å². The molecule has 1 atom stereocenters. The predicted molar refractivity (Wildman–Crippen MR) is 100 cm³/mol. The molecule has 1 aliphatic heterocycles. The topological polar surface area (TPSA) is 75.6 Å². The highest BCUT2D eigenvalue weighted by Crippen LogP contribution is 2.49. The molecule has 0 aromatic heterocycles. The maximum atomic E-state index is 13.1. The van der Waals surface area contributed by atoms with Gasteiger partial charge in [-0.2, -0.15) is 0 Å². The Balaban J connectivity index is 2.31. The van der Waals surface area contributed by atoms with Crippen molar-refractivity contribution in [3.8, 4) is 5.75 Å². The predicted octanol–water partition coefficient (Wildman–Crippen LogP) is 4.15. The minimum atomic E-state index is -1.40. The second-order valence-electron chi connectivity index (χ2n) is 6.74. The minimum absolute atomic E-state index is 0.122. The number of para-hydroxylation sites is 1. The molecule has 5 nitrogen and oxygen atoms in total. The first kappa shape index (κ1) is 18.3. The Hall–Kier alpha value is -2.53. The van der Waals surface area contributed by atoms with Gasteiger partial charge in [-0.25, -0.2) is 0 Å². The number of aryl methyl sites for hydroxylation is 1. The molecule has 26 heavy (non-hydrogen) atoms. The Morgan fingerprint density at radius 2 is 1.96 bits per heavy atom. The number of ether oxygens (including phenoxy) is 1. The number of carboxylic acid groups (broad SMARTS) is 1. The summed E-state index contributed by atoms with van der Waals surface area (Å²) in [6.45, 7) is 5.59. The van der Waals surface area contributed by atoms with Gasteiger partial charge < -0.3 is 15.2 Å². The Morgan fingerprint density at radius 1 is 1.27 bits per heavy atom. The number of fused-ring (bicyclic) bond motifs is 1. The summed E-state index contributed by atoms with van der Waals surface area (Å²) in [6.07, 6.45) is -0.521. The van der Waals surface area contributed by atoms with Crippen molar-refractivity contribution in [3.63, 3.8) is 0 Å². The van der Waals surface area contributed by atoms with Crippen LogP contribution in [0.25, 0.3) is 0 Å². The van der Waals surface area contributed by atoms with Gasteiger partial charge >= 0.3 is 5.97 Å². The summed E-state index contributed by atoms with van der Waals surface area (Å²) in [7, 11) is 0. The van der Waals surface area contributed by atoms with Crippen molar-refractivity contribution in [2.75, 3.05) is 5.32 Å². The molecule has 2 aromatic rings. The second-order valence-corrected chi connectivity index (χ2v) is 7.15. The Bertz CT molecular complexity index is 893. The smallest absolute Gasteiger partial charge is 0.305 e. The van der Waals surface area contributed by atoms with Crippen LogP contribution in [0.3, 0.4) is 0 Å². The largest absolute Gasteiger partial charge is 0.491 e. The highest BCUT2D eigenvalue weighted by Gasteiger charge is 2.51. The fourth-order valence-corrected chi connectivity index (χ4v) is 3.59. The number of benzene rings is 2. The fraction of sp³-hybridized carbons (Fsp3) is 0.300. The lowest BCUT2D eigenvalue weighted by molar-refractivity contribution is -0.140. The third-order valence-electron chi connectivity index (χ3n) is 4.52. The van der Waals surface area contributed by atoms with Gasteiger partial charge in [-0.1, -0.05) is 29.8 Å². The second kappa shape index (κ2) is 6.65. The van der Waals surface area contributed by atoms with Gasteiger partial charge in [0.2, 0.25) is 5.91 Å². The Kier molecular flexibility index (Phi) is 4.67. The first-order valence-corrected chi connectivity index (χ1v) is 8.73. The van der Waals surface area contributed by atoms with Crippen LogP contribution < -0.4 is 10.1 Å². The molecule has 3 rings (SSSR count). The van der Waals surface area contributed by atoms with Crippen LogP contribution in [0, 0.1) is 6.92 Å². The molecule has 0 spiro atoms. The lowest BCUT2D eigenvalue weighted by Crippen LogP contribution is -2.38. The number of nitrogens with one attached hydrogen (secondary N) is 1. The van der Waals surface area contributed by atoms with Crippen LogP contribution in [0.1, 0.15) is 37.0 Å². The average Bonchev–Trinajstić information content (AvgIpc) is 2.80. The van der Waals surface area contributed by atoms with Crippen molar-refractivity contribution >= 4 is 29.2 Å². The molecule has 0 fully saturated rings. The third kappa shape index (κ3) is 2.92. The maximum absolute atomic E-state index is 13.1. The number of hydrogen-bond acceptors (Lipinski definition) is 3. The van der Waals surface area contributed by atoms with Gasteiger partial charge in [0.1, 0.15) is 11.2 Å². The lowest BCUT2D eigenvalue weighted by atomic mass is 9.72. The number of carbonyl (C=O) groups is 2. The van der Waals surface area contributed by atoms with Crippen LogP contribution in [0.4, 0.5) is 5.69 Å². The van der Waals surface area contributed by atoms with E-state index in [1.807, 2.05) is 20.8 Å². The van der Waals surface area contributed by atoms with E-state index in [1.54, 1.807) is 36.4 Å². The van der Waals surface area contributed by atoms with E-state index in [-0.39, 0.29) is 6.10 Å². The zero-order valence-corrected chi connectivity index (χ0v) is 15.6. The van der Waals surface area contributed by atoms with Crippen molar-refractivity contribution in [1.29, 1.82) is 0 Å². The van der Waals surface area contributed by atoms with E-state index in [0.29, 0.717) is 27.6 Å². The molecule has 2 aromatic carbocycles. The van der Waals surface area contributed by atoms with E-state index in [2.05, 4.69) is 5.32 Å². The van der Waals surface area contributed by atoms with Crippen LogP contribution >= 0.6 is 11.6 Å². The van der Waals surface area contributed by atoms with Crippen LogP contribution in [-0.2, 0) is 15.0 Å². The van der Waals surface area contributed by atoms with Crippen molar-refractivity contribution in [2.24, 2.45) is 0 Å². The molecule has 136 valence electrons. The number of rotatable bonds is 5. The molecule has 0 aliphatic carbocycles. The molecule has 0 bridgehead atoms. The van der Waals surface area contributed by atoms with Gasteiger partial charge in [-0.05, 0) is 50.1 Å². The molecule has 0 saturated heterocycles. The third-order valence-corrected chi connectivity index (χ3v) is 4.93. The molecule has 1 amide bonds. The number of amides is 1. The van der Waals surface area contributed by atoms with Gasteiger partial charge in [0.15, 0.2) is 0 Å². The molecule has 6 heteroatoms. The summed E-state index contributed by atoms with van der Waals surface area (Å²) in [5.74, 6) is -0.983. The molecule has 2 N–H and O–H groups in total. The maximum Gasteiger partial charge on any atom is 0.305 e.